The van der Waals surface area contributed by atoms with Crippen LogP contribution in [0.3, 0.4) is 0 Å². The largest absolute Gasteiger partial charge is 0.300 e. The predicted molar refractivity (Wildman–Crippen MR) is 63.4 cm³/mol. The van der Waals surface area contributed by atoms with E-state index in [1.807, 2.05) is 17.5 Å². The van der Waals surface area contributed by atoms with E-state index in [1.165, 1.54) is 18.3 Å². The number of hydrogen-bond acceptors (Lipinski definition) is 4. The predicted octanol–water partition coefficient (Wildman–Crippen LogP) is 2.87. The summed E-state index contributed by atoms with van der Waals surface area (Å²) in [5, 5.41) is 12.9. The SMILES string of the molecule is CC(=O)C[C@H](c1cccs1)C(C)(C)[N+](=O)[O-]. The molecule has 1 heterocycles. The second-order valence-electron chi connectivity index (χ2n) is 4.38. The normalized spacial score (nSPS) is 13.4. The highest BCUT2D eigenvalue weighted by Crippen LogP contribution is 2.36. The van der Waals surface area contributed by atoms with Crippen LogP contribution >= 0.6 is 11.3 Å². The highest BCUT2D eigenvalue weighted by Gasteiger charge is 2.42. The lowest BCUT2D eigenvalue weighted by Crippen LogP contribution is -2.38. The maximum Gasteiger partial charge on any atom is 0.224 e. The topological polar surface area (TPSA) is 60.2 Å². The van der Waals surface area contributed by atoms with Crippen LogP contribution in [0.1, 0.15) is 38.0 Å². The van der Waals surface area contributed by atoms with Crippen molar-refractivity contribution in [1.82, 2.24) is 0 Å². The molecule has 0 bridgehead atoms. The third kappa shape index (κ3) is 2.66. The Morgan fingerprint density at radius 3 is 2.62 bits per heavy atom. The molecule has 0 aliphatic carbocycles. The molecule has 0 amide bonds. The molecule has 0 radical (unpaired) electrons. The molecule has 0 N–H and O–H groups in total. The summed E-state index contributed by atoms with van der Waals surface area (Å²) in [5.41, 5.74) is -1.11. The van der Waals surface area contributed by atoms with Crippen LogP contribution in [0, 0.1) is 10.1 Å². The van der Waals surface area contributed by atoms with E-state index in [4.69, 9.17) is 0 Å². The fraction of sp³-hybridized carbons (Fsp3) is 0.545. The van der Waals surface area contributed by atoms with Gasteiger partial charge in [0.05, 0.1) is 5.92 Å². The molecule has 4 nitrogen and oxygen atoms in total. The summed E-state index contributed by atoms with van der Waals surface area (Å²) >= 11 is 1.46. The van der Waals surface area contributed by atoms with Crippen molar-refractivity contribution in [3.05, 3.63) is 32.5 Å². The first-order valence-electron chi connectivity index (χ1n) is 5.03. The Kier molecular flexibility index (Phi) is 3.80. The Balaban J connectivity index is 3.06. The summed E-state index contributed by atoms with van der Waals surface area (Å²) in [4.78, 5) is 22.8. The van der Waals surface area contributed by atoms with Gasteiger partial charge < -0.3 is 4.79 Å². The third-order valence-corrected chi connectivity index (χ3v) is 3.69. The van der Waals surface area contributed by atoms with Crippen molar-refractivity contribution in [3.8, 4) is 0 Å². The minimum absolute atomic E-state index is 0.0201. The molecule has 0 fully saturated rings. The van der Waals surface area contributed by atoms with E-state index >= 15 is 0 Å². The van der Waals surface area contributed by atoms with Crippen LogP contribution in [0.4, 0.5) is 0 Å². The first-order valence-corrected chi connectivity index (χ1v) is 5.91. The number of thiophene rings is 1. The van der Waals surface area contributed by atoms with E-state index in [0.717, 1.165) is 4.88 Å². The zero-order valence-corrected chi connectivity index (χ0v) is 10.4. The van der Waals surface area contributed by atoms with E-state index in [9.17, 15) is 14.9 Å². The van der Waals surface area contributed by atoms with E-state index in [2.05, 4.69) is 0 Å². The van der Waals surface area contributed by atoms with Crippen molar-refractivity contribution >= 4 is 17.1 Å². The van der Waals surface area contributed by atoms with Gasteiger partial charge in [-0.3, -0.25) is 10.1 Å². The van der Waals surface area contributed by atoms with E-state index in [0.29, 0.717) is 0 Å². The molecule has 88 valence electrons. The molecule has 0 saturated heterocycles. The zero-order valence-electron chi connectivity index (χ0n) is 9.60. The number of ketones is 1. The van der Waals surface area contributed by atoms with Crippen LogP contribution in [-0.2, 0) is 4.79 Å². The highest BCUT2D eigenvalue weighted by atomic mass is 32.1. The number of nitrogens with zero attached hydrogens (tertiary/aromatic N) is 1. The van der Waals surface area contributed by atoms with E-state index < -0.39 is 5.54 Å². The van der Waals surface area contributed by atoms with Crippen molar-refractivity contribution in [2.75, 3.05) is 0 Å². The third-order valence-electron chi connectivity index (χ3n) is 2.70. The van der Waals surface area contributed by atoms with Gasteiger partial charge >= 0.3 is 0 Å². The lowest BCUT2D eigenvalue weighted by Gasteiger charge is -2.25. The van der Waals surface area contributed by atoms with Gasteiger partial charge in [0.25, 0.3) is 0 Å². The van der Waals surface area contributed by atoms with Crippen LogP contribution in [0.15, 0.2) is 17.5 Å². The van der Waals surface area contributed by atoms with Crippen molar-refractivity contribution in [2.24, 2.45) is 0 Å². The Hall–Kier alpha value is -1.23. The monoisotopic (exact) mass is 241 g/mol. The average Bonchev–Trinajstić information content (AvgIpc) is 2.65. The first kappa shape index (κ1) is 12.8. The molecule has 0 saturated carbocycles. The molecule has 5 heteroatoms. The van der Waals surface area contributed by atoms with Crippen molar-refractivity contribution in [2.45, 2.75) is 38.6 Å². The molecular weight excluding hydrogens is 226 g/mol. The van der Waals surface area contributed by atoms with Gasteiger partial charge in [-0.25, -0.2) is 0 Å². The quantitative estimate of drug-likeness (QED) is 0.588. The second kappa shape index (κ2) is 4.74. The van der Waals surface area contributed by atoms with Gasteiger partial charge in [0.1, 0.15) is 5.78 Å². The fourth-order valence-electron chi connectivity index (χ4n) is 1.60. The number of Topliss-reactive ketones (excluding diaryl/α,β-unsaturated/α-hetero) is 1. The fourth-order valence-corrected chi connectivity index (χ4v) is 2.61. The molecule has 1 rings (SSSR count). The van der Waals surface area contributed by atoms with Gasteiger partial charge in [0, 0.05) is 30.1 Å². The van der Waals surface area contributed by atoms with Crippen molar-refractivity contribution < 1.29 is 9.72 Å². The second-order valence-corrected chi connectivity index (χ2v) is 5.36. The minimum atomic E-state index is -1.11. The Morgan fingerprint density at radius 1 is 1.62 bits per heavy atom. The van der Waals surface area contributed by atoms with E-state index in [1.54, 1.807) is 13.8 Å². The molecule has 1 aromatic rings. The summed E-state index contributed by atoms with van der Waals surface area (Å²) in [7, 11) is 0. The smallest absolute Gasteiger partial charge is 0.224 e. The van der Waals surface area contributed by atoms with Crippen molar-refractivity contribution in [1.29, 1.82) is 0 Å². The molecule has 0 unspecified atom stereocenters. The van der Waals surface area contributed by atoms with E-state index in [-0.39, 0.29) is 23.0 Å². The van der Waals surface area contributed by atoms with Gasteiger partial charge in [-0.2, -0.15) is 0 Å². The lowest BCUT2D eigenvalue weighted by atomic mass is 9.83. The molecule has 1 aromatic heterocycles. The first-order chi connectivity index (χ1) is 7.35. The van der Waals surface area contributed by atoms with Crippen LogP contribution in [0.2, 0.25) is 0 Å². The molecule has 0 aliphatic rings. The summed E-state index contributed by atoms with van der Waals surface area (Å²) in [6.07, 6.45) is 0.217. The van der Waals surface area contributed by atoms with Gasteiger partial charge in [0.2, 0.25) is 5.54 Å². The minimum Gasteiger partial charge on any atom is -0.300 e. The molecule has 0 spiro atoms. The number of rotatable bonds is 5. The van der Waals surface area contributed by atoms with Crippen molar-refractivity contribution in [3.63, 3.8) is 0 Å². The van der Waals surface area contributed by atoms with Crippen LogP contribution in [0.5, 0.6) is 0 Å². The number of nitro groups is 1. The molecule has 1 atom stereocenters. The van der Waals surface area contributed by atoms with Crippen LogP contribution < -0.4 is 0 Å². The van der Waals surface area contributed by atoms with Crippen LogP contribution in [-0.4, -0.2) is 16.2 Å². The van der Waals surface area contributed by atoms with Gasteiger partial charge in [-0.15, -0.1) is 11.3 Å². The van der Waals surface area contributed by atoms with Crippen LogP contribution in [0.25, 0.3) is 0 Å². The lowest BCUT2D eigenvalue weighted by molar-refractivity contribution is -0.565. The Labute approximate surface area is 98.4 Å². The molecular formula is C11H15NO3S. The standard InChI is InChI=1S/C11H15NO3S/c1-8(13)7-9(10-5-4-6-16-10)11(2,3)12(14)15/h4-6,9H,7H2,1-3H3/t9-/m1/s1. The number of hydrogen-bond donors (Lipinski definition) is 0. The summed E-state index contributed by atoms with van der Waals surface area (Å²) in [6, 6.07) is 3.70. The summed E-state index contributed by atoms with van der Waals surface area (Å²) < 4.78 is 0. The number of carbonyl (C=O) groups excluding carboxylic acids is 1. The number of carbonyl (C=O) groups is 1. The maximum atomic E-state index is 11.2. The molecule has 16 heavy (non-hydrogen) atoms. The highest BCUT2D eigenvalue weighted by molar-refractivity contribution is 7.10. The average molecular weight is 241 g/mol. The summed E-state index contributed by atoms with van der Waals surface area (Å²) in [5.74, 6) is -0.367. The zero-order chi connectivity index (χ0) is 12.3. The van der Waals surface area contributed by atoms with Gasteiger partial charge in [-0.05, 0) is 18.4 Å². The molecule has 0 aromatic carbocycles. The summed E-state index contributed by atoms with van der Waals surface area (Å²) in [6.45, 7) is 4.61. The van der Waals surface area contributed by atoms with Gasteiger partial charge in [-0.1, -0.05) is 6.07 Å². The Morgan fingerprint density at radius 2 is 2.25 bits per heavy atom. The van der Waals surface area contributed by atoms with Gasteiger partial charge in [0.15, 0.2) is 0 Å². The molecule has 0 aliphatic heterocycles. The maximum absolute atomic E-state index is 11.2. The Bertz CT molecular complexity index is 384.